The van der Waals surface area contributed by atoms with Crippen molar-refractivity contribution in [3.05, 3.63) is 0 Å². The average molecular weight is 259 g/mol. The lowest BCUT2D eigenvalue weighted by atomic mass is 10.3. The minimum Gasteiger partial charge on any atom is -0.355 e. The normalized spacial score (nSPS) is 10.4. The largest absolute Gasteiger partial charge is 0.355 e. The van der Waals surface area contributed by atoms with Gasteiger partial charge in [-0.15, -0.1) is 0 Å². The molecule has 0 rings (SSSR count). The van der Waals surface area contributed by atoms with Gasteiger partial charge in [0.15, 0.2) is 0 Å². The number of rotatable bonds is 10. The summed E-state index contributed by atoms with van der Waals surface area (Å²) in [4.78, 5) is 24.5. The lowest BCUT2D eigenvalue weighted by Gasteiger charge is -2.15. The van der Waals surface area contributed by atoms with Gasteiger partial charge < -0.3 is 27.0 Å². The average Bonchev–Trinajstić information content (AvgIpc) is 2.37. The van der Waals surface area contributed by atoms with Crippen molar-refractivity contribution in [1.82, 2.24) is 15.5 Å². The summed E-state index contributed by atoms with van der Waals surface area (Å²) in [6.07, 6.45) is 0.835. The molecule has 0 spiro atoms. The van der Waals surface area contributed by atoms with Crippen LogP contribution in [0.3, 0.4) is 0 Å². The molecule has 0 aromatic rings. The molecule has 0 aliphatic carbocycles. The Morgan fingerprint density at radius 1 is 0.944 bits per heavy atom. The zero-order valence-corrected chi connectivity index (χ0v) is 11.1. The van der Waals surface area contributed by atoms with Crippen LogP contribution in [0, 0.1) is 0 Å². The van der Waals surface area contributed by atoms with Crippen LogP contribution >= 0.6 is 0 Å². The summed E-state index contributed by atoms with van der Waals surface area (Å²) in [6.45, 7) is 3.15. The van der Waals surface area contributed by atoms with Crippen LogP contribution in [-0.2, 0) is 9.59 Å². The molecular formula is C11H25N5O2. The molecule has 6 N–H and O–H groups in total. The smallest absolute Gasteiger partial charge is 0.221 e. The van der Waals surface area contributed by atoms with Gasteiger partial charge in [0.1, 0.15) is 0 Å². The molecule has 0 unspecified atom stereocenters. The summed E-state index contributed by atoms with van der Waals surface area (Å²) in [5.74, 6) is -0.0280. The van der Waals surface area contributed by atoms with Crippen LogP contribution < -0.4 is 22.1 Å². The maximum Gasteiger partial charge on any atom is 0.221 e. The highest BCUT2D eigenvalue weighted by Gasteiger charge is 2.06. The maximum atomic E-state index is 11.3. The zero-order valence-electron chi connectivity index (χ0n) is 11.1. The van der Waals surface area contributed by atoms with Gasteiger partial charge in [0, 0.05) is 52.1 Å². The van der Waals surface area contributed by atoms with Crippen LogP contribution in [0.1, 0.15) is 12.8 Å². The van der Waals surface area contributed by atoms with Crippen LogP contribution in [0.25, 0.3) is 0 Å². The standard InChI is InChI=1S/C11H25N5O2/c1-16(8-2-10(17)14-6-4-12)9-3-11(18)15-7-5-13/h2-9,12-13H2,1H3,(H,14,17)(H,15,18). The quantitative estimate of drug-likeness (QED) is 0.357. The van der Waals surface area contributed by atoms with E-state index in [4.69, 9.17) is 11.5 Å². The van der Waals surface area contributed by atoms with Crippen LogP contribution in [0.5, 0.6) is 0 Å². The molecule has 0 aromatic heterocycles. The Morgan fingerprint density at radius 3 is 1.67 bits per heavy atom. The summed E-state index contributed by atoms with van der Waals surface area (Å²) in [6, 6.07) is 0. The van der Waals surface area contributed by atoms with E-state index in [2.05, 4.69) is 10.6 Å². The van der Waals surface area contributed by atoms with Gasteiger partial charge in [0.25, 0.3) is 0 Å². The molecule has 18 heavy (non-hydrogen) atoms. The summed E-state index contributed by atoms with van der Waals surface area (Å²) in [5, 5.41) is 5.39. The molecule has 0 saturated carbocycles. The number of amides is 2. The zero-order chi connectivity index (χ0) is 13.8. The number of nitrogens with two attached hydrogens (primary N) is 2. The highest BCUT2D eigenvalue weighted by molar-refractivity contribution is 5.76. The minimum absolute atomic E-state index is 0.0140. The topological polar surface area (TPSA) is 113 Å². The SMILES string of the molecule is CN(CCC(=O)NCCN)CCC(=O)NCCN. The van der Waals surface area contributed by atoms with E-state index in [-0.39, 0.29) is 11.8 Å². The lowest BCUT2D eigenvalue weighted by molar-refractivity contribution is -0.121. The summed E-state index contributed by atoms with van der Waals surface area (Å²) < 4.78 is 0. The van der Waals surface area contributed by atoms with Crippen molar-refractivity contribution in [3.8, 4) is 0 Å². The highest BCUT2D eigenvalue weighted by Crippen LogP contribution is 1.91. The molecule has 0 bridgehead atoms. The number of carbonyl (C=O) groups excluding carboxylic acids is 2. The van der Waals surface area contributed by atoms with E-state index < -0.39 is 0 Å². The van der Waals surface area contributed by atoms with Gasteiger partial charge >= 0.3 is 0 Å². The van der Waals surface area contributed by atoms with Crippen LogP contribution in [0.4, 0.5) is 0 Å². The Hall–Kier alpha value is -1.18. The Bertz CT molecular complexity index is 224. The van der Waals surface area contributed by atoms with Gasteiger partial charge in [-0.2, -0.15) is 0 Å². The third-order valence-electron chi connectivity index (χ3n) is 2.37. The van der Waals surface area contributed by atoms with Crippen molar-refractivity contribution < 1.29 is 9.59 Å². The second kappa shape index (κ2) is 10.9. The summed E-state index contributed by atoms with van der Waals surface area (Å²) >= 11 is 0. The second-order valence-corrected chi connectivity index (χ2v) is 4.08. The molecular weight excluding hydrogens is 234 g/mol. The summed E-state index contributed by atoms with van der Waals surface area (Å²) in [7, 11) is 1.88. The third-order valence-corrected chi connectivity index (χ3v) is 2.37. The number of nitrogens with zero attached hydrogens (tertiary/aromatic N) is 1. The van der Waals surface area contributed by atoms with Crippen LogP contribution in [0.2, 0.25) is 0 Å². The van der Waals surface area contributed by atoms with Gasteiger partial charge in [-0.05, 0) is 7.05 Å². The minimum atomic E-state index is -0.0140. The monoisotopic (exact) mass is 259 g/mol. The Labute approximate surface area is 108 Å². The molecule has 0 radical (unpaired) electrons. The number of carbonyl (C=O) groups is 2. The molecule has 0 aliphatic rings. The third kappa shape index (κ3) is 10.0. The van der Waals surface area contributed by atoms with Crippen molar-refractivity contribution in [1.29, 1.82) is 0 Å². The van der Waals surface area contributed by atoms with E-state index >= 15 is 0 Å². The van der Waals surface area contributed by atoms with E-state index in [1.165, 1.54) is 0 Å². The molecule has 0 heterocycles. The predicted molar refractivity (Wildman–Crippen MR) is 70.9 cm³/mol. The van der Waals surface area contributed by atoms with Gasteiger partial charge in [-0.1, -0.05) is 0 Å². The van der Waals surface area contributed by atoms with Gasteiger partial charge in [0.2, 0.25) is 11.8 Å². The van der Waals surface area contributed by atoms with Crippen molar-refractivity contribution in [3.63, 3.8) is 0 Å². The van der Waals surface area contributed by atoms with Crippen molar-refractivity contribution in [2.24, 2.45) is 11.5 Å². The molecule has 7 nitrogen and oxygen atoms in total. The van der Waals surface area contributed by atoms with E-state index in [0.29, 0.717) is 52.1 Å². The van der Waals surface area contributed by atoms with E-state index in [1.54, 1.807) is 0 Å². The van der Waals surface area contributed by atoms with Crippen molar-refractivity contribution in [2.75, 3.05) is 46.3 Å². The molecule has 0 saturated heterocycles. The number of hydrogen-bond acceptors (Lipinski definition) is 5. The Morgan fingerprint density at radius 2 is 1.33 bits per heavy atom. The predicted octanol–water partition coefficient (Wildman–Crippen LogP) is -2.15. The second-order valence-electron chi connectivity index (χ2n) is 4.08. The lowest BCUT2D eigenvalue weighted by Crippen LogP contribution is -2.34. The van der Waals surface area contributed by atoms with Crippen LogP contribution in [0.15, 0.2) is 0 Å². The summed E-state index contributed by atoms with van der Waals surface area (Å²) in [5.41, 5.74) is 10.6. The van der Waals surface area contributed by atoms with Crippen molar-refractivity contribution >= 4 is 11.8 Å². The molecule has 2 amide bonds. The van der Waals surface area contributed by atoms with Crippen LogP contribution in [-0.4, -0.2) is 63.0 Å². The fourth-order valence-electron chi connectivity index (χ4n) is 1.30. The number of nitrogens with one attached hydrogen (secondary N) is 2. The first-order chi connectivity index (χ1) is 8.60. The van der Waals surface area contributed by atoms with E-state index in [1.807, 2.05) is 11.9 Å². The van der Waals surface area contributed by atoms with E-state index in [9.17, 15) is 9.59 Å². The molecule has 0 fully saturated rings. The first kappa shape index (κ1) is 16.8. The van der Waals surface area contributed by atoms with Crippen molar-refractivity contribution in [2.45, 2.75) is 12.8 Å². The van der Waals surface area contributed by atoms with Gasteiger partial charge in [-0.3, -0.25) is 9.59 Å². The highest BCUT2D eigenvalue weighted by atomic mass is 16.2. The fourth-order valence-corrected chi connectivity index (χ4v) is 1.30. The first-order valence-corrected chi connectivity index (χ1v) is 6.22. The Balaban J connectivity index is 3.55. The molecule has 0 aromatic carbocycles. The fraction of sp³-hybridized carbons (Fsp3) is 0.818. The Kier molecular flexibility index (Phi) is 10.2. The van der Waals surface area contributed by atoms with Gasteiger partial charge in [0.05, 0.1) is 0 Å². The molecule has 7 heteroatoms. The first-order valence-electron chi connectivity index (χ1n) is 6.22. The number of hydrogen-bond donors (Lipinski definition) is 4. The molecule has 106 valence electrons. The molecule has 0 atom stereocenters. The van der Waals surface area contributed by atoms with E-state index in [0.717, 1.165) is 0 Å². The maximum absolute atomic E-state index is 11.3. The van der Waals surface area contributed by atoms with Gasteiger partial charge in [-0.25, -0.2) is 0 Å². The molecule has 0 aliphatic heterocycles.